The van der Waals surface area contributed by atoms with Gasteiger partial charge in [-0.05, 0) is 25.8 Å². The van der Waals surface area contributed by atoms with Crippen molar-refractivity contribution < 1.29 is 0 Å². The van der Waals surface area contributed by atoms with Gasteiger partial charge in [-0.3, -0.25) is 4.79 Å². The molecule has 0 fully saturated rings. The van der Waals surface area contributed by atoms with E-state index < -0.39 is 0 Å². The van der Waals surface area contributed by atoms with Crippen molar-refractivity contribution in [1.29, 1.82) is 0 Å². The lowest BCUT2D eigenvalue weighted by atomic mass is 10.1. The van der Waals surface area contributed by atoms with Gasteiger partial charge in [0.25, 0.3) is 0 Å². The first-order valence-electron chi connectivity index (χ1n) is 4.45. The minimum Gasteiger partial charge on any atom is -0.289 e. The van der Waals surface area contributed by atoms with Crippen LogP contribution in [0.25, 0.3) is 0 Å². The summed E-state index contributed by atoms with van der Waals surface area (Å²) in [4.78, 5) is 11.6. The zero-order chi connectivity index (χ0) is 9.68. The smallest absolute Gasteiger partial charge is 0.185 e. The Morgan fingerprint density at radius 3 is 2.69 bits per heavy atom. The molecule has 0 spiro atoms. The SMILES string of the molecule is C/C=C\Cc1ccccc(C)c1=O. The average molecular weight is 174 g/mol. The van der Waals surface area contributed by atoms with Crippen LogP contribution in [0.15, 0.2) is 41.2 Å². The predicted octanol–water partition coefficient (Wildman–Crippen LogP) is 2.47. The molecule has 1 aromatic carbocycles. The first-order valence-corrected chi connectivity index (χ1v) is 4.45. The van der Waals surface area contributed by atoms with Crippen LogP contribution >= 0.6 is 0 Å². The second-order valence-electron chi connectivity index (χ2n) is 3.03. The van der Waals surface area contributed by atoms with E-state index >= 15 is 0 Å². The van der Waals surface area contributed by atoms with Gasteiger partial charge in [0.1, 0.15) is 0 Å². The Morgan fingerprint density at radius 2 is 2.00 bits per heavy atom. The summed E-state index contributed by atoms with van der Waals surface area (Å²) in [6, 6.07) is 7.54. The fourth-order valence-corrected chi connectivity index (χ4v) is 1.18. The molecule has 0 aromatic heterocycles. The van der Waals surface area contributed by atoms with Crippen LogP contribution in [0.2, 0.25) is 0 Å². The number of allylic oxidation sites excluding steroid dienone is 2. The Morgan fingerprint density at radius 1 is 1.31 bits per heavy atom. The van der Waals surface area contributed by atoms with Gasteiger partial charge in [0.05, 0.1) is 0 Å². The largest absolute Gasteiger partial charge is 0.289 e. The molecule has 0 atom stereocenters. The molecule has 0 heterocycles. The fourth-order valence-electron chi connectivity index (χ4n) is 1.18. The summed E-state index contributed by atoms with van der Waals surface area (Å²) in [5.41, 5.74) is 1.83. The molecule has 1 heteroatoms. The van der Waals surface area contributed by atoms with Crippen LogP contribution in [0.3, 0.4) is 0 Å². The highest BCUT2D eigenvalue weighted by molar-refractivity contribution is 5.22. The summed E-state index contributed by atoms with van der Waals surface area (Å²) in [7, 11) is 0. The van der Waals surface area contributed by atoms with Gasteiger partial charge in [-0.15, -0.1) is 0 Å². The van der Waals surface area contributed by atoms with Gasteiger partial charge in [-0.25, -0.2) is 0 Å². The highest BCUT2D eigenvalue weighted by atomic mass is 16.1. The van der Waals surface area contributed by atoms with Crippen LogP contribution in [0.4, 0.5) is 0 Å². The lowest BCUT2D eigenvalue weighted by Gasteiger charge is -1.90. The van der Waals surface area contributed by atoms with Gasteiger partial charge in [-0.2, -0.15) is 0 Å². The van der Waals surface area contributed by atoms with Crippen molar-refractivity contribution in [3.63, 3.8) is 0 Å². The zero-order valence-corrected chi connectivity index (χ0v) is 8.08. The maximum Gasteiger partial charge on any atom is 0.185 e. The van der Waals surface area contributed by atoms with E-state index in [1.807, 2.05) is 50.3 Å². The number of aryl methyl sites for hydroxylation is 1. The highest BCUT2D eigenvalue weighted by Gasteiger charge is 1.96. The molecule has 0 bridgehead atoms. The predicted molar refractivity (Wildman–Crippen MR) is 56.0 cm³/mol. The molecule has 0 unspecified atom stereocenters. The van der Waals surface area contributed by atoms with Crippen molar-refractivity contribution in [3.05, 3.63) is 57.8 Å². The molecule has 0 radical (unpaired) electrons. The quantitative estimate of drug-likeness (QED) is 0.629. The number of rotatable bonds is 2. The number of hydrogen-bond acceptors (Lipinski definition) is 1. The van der Waals surface area contributed by atoms with Crippen molar-refractivity contribution in [2.45, 2.75) is 20.3 Å². The summed E-state index contributed by atoms with van der Waals surface area (Å²) in [6.45, 7) is 3.81. The lowest BCUT2D eigenvalue weighted by Crippen LogP contribution is -2.07. The van der Waals surface area contributed by atoms with E-state index in [1.54, 1.807) is 0 Å². The molecular formula is C12H14O. The molecular weight excluding hydrogens is 160 g/mol. The molecule has 0 saturated heterocycles. The molecule has 0 amide bonds. The molecule has 0 N–H and O–H groups in total. The van der Waals surface area contributed by atoms with E-state index in [1.165, 1.54) is 0 Å². The van der Waals surface area contributed by atoms with Crippen LogP contribution in [0, 0.1) is 6.92 Å². The van der Waals surface area contributed by atoms with Crippen molar-refractivity contribution in [1.82, 2.24) is 0 Å². The number of hydrogen-bond donors (Lipinski definition) is 0. The van der Waals surface area contributed by atoms with Crippen molar-refractivity contribution >= 4 is 0 Å². The topological polar surface area (TPSA) is 17.1 Å². The third-order valence-corrected chi connectivity index (χ3v) is 1.98. The zero-order valence-electron chi connectivity index (χ0n) is 8.08. The van der Waals surface area contributed by atoms with E-state index in [0.29, 0.717) is 0 Å². The minimum absolute atomic E-state index is 0.156. The van der Waals surface area contributed by atoms with E-state index in [4.69, 9.17) is 0 Å². The van der Waals surface area contributed by atoms with Crippen molar-refractivity contribution in [2.24, 2.45) is 0 Å². The second-order valence-corrected chi connectivity index (χ2v) is 3.03. The lowest BCUT2D eigenvalue weighted by molar-refractivity contribution is 1.22. The third kappa shape index (κ3) is 2.55. The Labute approximate surface area is 78.7 Å². The summed E-state index contributed by atoms with van der Waals surface area (Å²) < 4.78 is 0. The van der Waals surface area contributed by atoms with Gasteiger partial charge in [-0.1, -0.05) is 36.4 Å². The molecule has 68 valence electrons. The van der Waals surface area contributed by atoms with Crippen LogP contribution in [0.1, 0.15) is 18.1 Å². The Kier molecular flexibility index (Phi) is 3.44. The monoisotopic (exact) mass is 174 g/mol. The molecule has 0 aliphatic carbocycles. The van der Waals surface area contributed by atoms with Gasteiger partial charge < -0.3 is 0 Å². The van der Waals surface area contributed by atoms with Crippen LogP contribution in [-0.2, 0) is 6.42 Å². The van der Waals surface area contributed by atoms with E-state index in [0.717, 1.165) is 17.5 Å². The van der Waals surface area contributed by atoms with Crippen LogP contribution in [0.5, 0.6) is 0 Å². The maximum atomic E-state index is 11.6. The summed E-state index contributed by atoms with van der Waals surface area (Å²) in [5.74, 6) is 0. The van der Waals surface area contributed by atoms with Gasteiger partial charge in [0, 0.05) is 5.56 Å². The molecule has 13 heavy (non-hydrogen) atoms. The second kappa shape index (κ2) is 4.61. The maximum absolute atomic E-state index is 11.6. The molecule has 1 nitrogen and oxygen atoms in total. The summed E-state index contributed by atoms with van der Waals surface area (Å²) >= 11 is 0. The Bertz CT molecular complexity index is 364. The van der Waals surface area contributed by atoms with Gasteiger partial charge in [0.15, 0.2) is 5.43 Å². The first kappa shape index (κ1) is 9.72. The first-order chi connectivity index (χ1) is 6.25. The normalized spacial score (nSPS) is 10.6. The summed E-state index contributed by atoms with van der Waals surface area (Å²) in [5, 5.41) is 0. The Balaban J connectivity index is 3.16. The highest BCUT2D eigenvalue weighted by Crippen LogP contribution is 1.96. The molecule has 0 aliphatic rings. The fraction of sp³-hybridized carbons (Fsp3) is 0.250. The molecule has 1 rings (SSSR count). The minimum atomic E-state index is 0.156. The van der Waals surface area contributed by atoms with Gasteiger partial charge >= 0.3 is 0 Å². The van der Waals surface area contributed by atoms with Crippen LogP contribution < -0.4 is 5.43 Å². The van der Waals surface area contributed by atoms with E-state index in [9.17, 15) is 4.79 Å². The third-order valence-electron chi connectivity index (χ3n) is 1.98. The molecule has 0 saturated carbocycles. The van der Waals surface area contributed by atoms with E-state index in [-0.39, 0.29) is 5.43 Å². The Hall–Kier alpha value is -1.37. The van der Waals surface area contributed by atoms with Crippen molar-refractivity contribution in [3.8, 4) is 0 Å². The van der Waals surface area contributed by atoms with Crippen molar-refractivity contribution in [2.75, 3.05) is 0 Å². The standard InChI is InChI=1S/C12H14O/c1-3-4-8-11-9-6-5-7-10(2)12(11)13/h3-7,9H,8H2,1-2H3/b4-3-. The molecule has 0 aliphatic heterocycles. The molecule has 1 aromatic rings. The van der Waals surface area contributed by atoms with E-state index in [2.05, 4.69) is 0 Å². The average Bonchev–Trinajstić information content (AvgIpc) is 2.28. The van der Waals surface area contributed by atoms with Gasteiger partial charge in [0.2, 0.25) is 0 Å². The summed E-state index contributed by atoms with van der Waals surface area (Å²) in [6.07, 6.45) is 4.68. The van der Waals surface area contributed by atoms with Crippen LogP contribution in [-0.4, -0.2) is 0 Å².